The Morgan fingerprint density at radius 2 is 1.70 bits per heavy atom. The quantitative estimate of drug-likeness (QED) is 0.573. The first-order valence-electron chi connectivity index (χ1n) is 8.77. The highest BCUT2D eigenvalue weighted by atomic mass is 32.2. The second-order valence-electron chi connectivity index (χ2n) is 6.57. The van der Waals surface area contributed by atoms with Gasteiger partial charge in [0.25, 0.3) is 5.91 Å². The molecule has 2 N–H and O–H groups in total. The van der Waals surface area contributed by atoms with Crippen molar-refractivity contribution in [2.45, 2.75) is 11.4 Å². The molecule has 10 heteroatoms. The van der Waals surface area contributed by atoms with Crippen molar-refractivity contribution in [1.82, 2.24) is 4.72 Å². The van der Waals surface area contributed by atoms with E-state index in [0.29, 0.717) is 0 Å². The molecule has 0 fully saturated rings. The Balaban J connectivity index is 1.71. The van der Waals surface area contributed by atoms with E-state index >= 15 is 0 Å². The predicted octanol–water partition coefficient (Wildman–Crippen LogP) is 3.82. The summed E-state index contributed by atoms with van der Waals surface area (Å²) in [6.45, 7) is 0.169. The lowest BCUT2D eigenvalue weighted by Crippen LogP contribution is -2.23. The molecule has 0 bridgehead atoms. The molecule has 0 aliphatic carbocycles. The largest absolute Gasteiger partial charge is 0.373 e. The van der Waals surface area contributed by atoms with E-state index in [0.717, 1.165) is 17.0 Å². The van der Waals surface area contributed by atoms with Crippen LogP contribution in [0.25, 0.3) is 0 Å². The van der Waals surface area contributed by atoms with Crippen LogP contribution in [-0.2, 0) is 16.6 Å². The fourth-order valence-corrected chi connectivity index (χ4v) is 4.46. The summed E-state index contributed by atoms with van der Waals surface area (Å²) in [5.41, 5.74) is -0.114. The van der Waals surface area contributed by atoms with Gasteiger partial charge >= 0.3 is 0 Å². The number of rotatable bonds is 7. The van der Waals surface area contributed by atoms with Crippen LogP contribution in [0.3, 0.4) is 0 Å². The molecule has 0 aliphatic heterocycles. The summed E-state index contributed by atoms with van der Waals surface area (Å²) < 4.78 is 55.4. The average Bonchev–Trinajstić information content (AvgIpc) is 3.19. The summed E-state index contributed by atoms with van der Waals surface area (Å²) >= 11 is 1.43. The summed E-state index contributed by atoms with van der Waals surface area (Å²) in [5, 5.41) is 4.26. The molecular weight excluding hydrogens is 432 g/mol. The van der Waals surface area contributed by atoms with Crippen LogP contribution in [0.5, 0.6) is 0 Å². The van der Waals surface area contributed by atoms with Crippen molar-refractivity contribution in [3.63, 3.8) is 0 Å². The van der Waals surface area contributed by atoms with Gasteiger partial charge in [-0.1, -0.05) is 6.07 Å². The fraction of sp³-hybridized carbons (Fsp3) is 0.150. The van der Waals surface area contributed by atoms with E-state index < -0.39 is 27.6 Å². The topological polar surface area (TPSA) is 78.5 Å². The molecule has 1 heterocycles. The van der Waals surface area contributed by atoms with Gasteiger partial charge in [0.2, 0.25) is 10.0 Å². The zero-order chi connectivity index (χ0) is 21.9. The van der Waals surface area contributed by atoms with E-state index in [-0.39, 0.29) is 28.4 Å². The Morgan fingerprint density at radius 3 is 2.23 bits per heavy atom. The van der Waals surface area contributed by atoms with Crippen LogP contribution in [0.4, 0.5) is 20.2 Å². The Morgan fingerprint density at radius 1 is 1.07 bits per heavy atom. The molecule has 6 nitrogen and oxygen atoms in total. The van der Waals surface area contributed by atoms with Crippen LogP contribution in [0.2, 0.25) is 0 Å². The van der Waals surface area contributed by atoms with Crippen LogP contribution >= 0.6 is 11.3 Å². The standard InChI is InChI=1S/C20H19F2N3O3S2/c1-25(2)19-17(21)10-14(11-18(19)22)24-20(26)13-5-7-16(8-6-13)30(27,28)23-12-15-4-3-9-29-15/h3-11,23H,12H2,1-2H3,(H,24,26). The number of nitrogens with zero attached hydrogens (tertiary/aromatic N) is 1. The molecule has 0 atom stereocenters. The Kier molecular flexibility index (Phi) is 6.49. The number of nitrogens with one attached hydrogen (secondary N) is 2. The van der Waals surface area contributed by atoms with Gasteiger partial charge in [0, 0.05) is 36.8 Å². The molecule has 3 aromatic rings. The second-order valence-corrected chi connectivity index (χ2v) is 9.36. The maximum atomic E-state index is 14.1. The number of amides is 1. The third kappa shape index (κ3) is 5.02. The minimum absolute atomic E-state index is 0.00281. The number of carbonyl (C=O) groups excluding carboxylic acids is 1. The van der Waals surface area contributed by atoms with Crippen molar-refractivity contribution in [2.24, 2.45) is 0 Å². The van der Waals surface area contributed by atoms with Crippen LogP contribution in [0.15, 0.2) is 58.8 Å². The Bertz CT molecular complexity index is 1120. The summed E-state index contributed by atoms with van der Waals surface area (Å²) in [7, 11) is -0.732. The normalized spacial score (nSPS) is 11.3. The Labute approximate surface area is 177 Å². The van der Waals surface area contributed by atoms with Gasteiger partial charge in [0.1, 0.15) is 5.69 Å². The number of halogens is 2. The monoisotopic (exact) mass is 451 g/mol. The van der Waals surface area contributed by atoms with Gasteiger partial charge in [-0.15, -0.1) is 11.3 Å². The van der Waals surface area contributed by atoms with Crippen LogP contribution in [-0.4, -0.2) is 28.4 Å². The molecule has 0 saturated heterocycles. The molecule has 158 valence electrons. The van der Waals surface area contributed by atoms with E-state index in [1.165, 1.54) is 54.6 Å². The number of sulfonamides is 1. The van der Waals surface area contributed by atoms with Gasteiger partial charge in [-0.05, 0) is 47.8 Å². The maximum Gasteiger partial charge on any atom is 0.255 e. The minimum atomic E-state index is -3.74. The lowest BCUT2D eigenvalue weighted by molar-refractivity contribution is 0.102. The lowest BCUT2D eigenvalue weighted by Gasteiger charge is -2.16. The highest BCUT2D eigenvalue weighted by molar-refractivity contribution is 7.89. The molecule has 30 heavy (non-hydrogen) atoms. The molecule has 0 aliphatic rings. The van der Waals surface area contributed by atoms with Gasteiger partial charge in [-0.3, -0.25) is 4.79 Å². The molecule has 0 radical (unpaired) electrons. The summed E-state index contributed by atoms with van der Waals surface area (Å²) in [6, 6.07) is 10.9. The number of anilines is 2. The lowest BCUT2D eigenvalue weighted by atomic mass is 10.2. The molecule has 0 spiro atoms. The van der Waals surface area contributed by atoms with Crippen molar-refractivity contribution < 1.29 is 22.0 Å². The number of hydrogen-bond donors (Lipinski definition) is 2. The van der Waals surface area contributed by atoms with E-state index in [4.69, 9.17) is 0 Å². The molecule has 1 aromatic heterocycles. The number of hydrogen-bond acceptors (Lipinski definition) is 5. The van der Waals surface area contributed by atoms with Crippen molar-refractivity contribution >= 4 is 38.6 Å². The van der Waals surface area contributed by atoms with Gasteiger partial charge in [-0.25, -0.2) is 21.9 Å². The van der Waals surface area contributed by atoms with Crippen LogP contribution in [0.1, 0.15) is 15.2 Å². The van der Waals surface area contributed by atoms with Crippen LogP contribution in [0, 0.1) is 11.6 Å². The number of thiophene rings is 1. The first-order chi connectivity index (χ1) is 14.2. The molecule has 0 saturated carbocycles. The molecule has 0 unspecified atom stereocenters. The van der Waals surface area contributed by atoms with E-state index in [1.807, 2.05) is 17.5 Å². The predicted molar refractivity (Wildman–Crippen MR) is 113 cm³/mol. The minimum Gasteiger partial charge on any atom is -0.373 e. The van der Waals surface area contributed by atoms with Gasteiger partial charge in [0.15, 0.2) is 11.6 Å². The van der Waals surface area contributed by atoms with E-state index in [2.05, 4.69) is 10.0 Å². The summed E-state index contributed by atoms with van der Waals surface area (Å²) in [6.07, 6.45) is 0. The van der Waals surface area contributed by atoms with Gasteiger partial charge in [-0.2, -0.15) is 0 Å². The SMILES string of the molecule is CN(C)c1c(F)cc(NC(=O)c2ccc(S(=O)(=O)NCc3cccs3)cc2)cc1F. The molecule has 1 amide bonds. The summed E-state index contributed by atoms with van der Waals surface area (Å²) in [5.74, 6) is -2.25. The average molecular weight is 452 g/mol. The van der Waals surface area contributed by atoms with Crippen molar-refractivity contribution in [3.8, 4) is 0 Å². The third-order valence-electron chi connectivity index (χ3n) is 4.17. The highest BCUT2D eigenvalue weighted by Gasteiger charge is 2.17. The maximum absolute atomic E-state index is 14.1. The number of benzene rings is 2. The molecular formula is C20H19F2N3O3S2. The molecule has 3 rings (SSSR count). The first kappa shape index (κ1) is 21.9. The van der Waals surface area contributed by atoms with Crippen LogP contribution < -0.4 is 14.9 Å². The zero-order valence-corrected chi connectivity index (χ0v) is 17.8. The zero-order valence-electron chi connectivity index (χ0n) is 16.1. The van der Waals surface area contributed by atoms with Crippen molar-refractivity contribution in [2.75, 3.05) is 24.3 Å². The van der Waals surface area contributed by atoms with E-state index in [9.17, 15) is 22.0 Å². The third-order valence-corrected chi connectivity index (χ3v) is 6.46. The molecule has 2 aromatic carbocycles. The van der Waals surface area contributed by atoms with Crippen molar-refractivity contribution in [1.29, 1.82) is 0 Å². The van der Waals surface area contributed by atoms with Gasteiger partial charge < -0.3 is 10.2 Å². The smallest absolute Gasteiger partial charge is 0.255 e. The first-order valence-corrected chi connectivity index (χ1v) is 11.1. The summed E-state index contributed by atoms with van der Waals surface area (Å²) in [4.78, 5) is 14.5. The Hall–Kier alpha value is -2.82. The number of carbonyl (C=O) groups is 1. The van der Waals surface area contributed by atoms with E-state index in [1.54, 1.807) is 0 Å². The highest BCUT2D eigenvalue weighted by Crippen LogP contribution is 2.26. The van der Waals surface area contributed by atoms with Gasteiger partial charge in [0.05, 0.1) is 4.90 Å². The fourth-order valence-electron chi connectivity index (χ4n) is 2.72. The second kappa shape index (κ2) is 8.90. The van der Waals surface area contributed by atoms with Crippen molar-refractivity contribution in [3.05, 3.63) is 76.0 Å².